The minimum atomic E-state index is -5.21. The molecule has 2 amide bonds. The average Bonchev–Trinajstić information content (AvgIpc) is 3.54. The molecule has 48 heavy (non-hydrogen) atoms. The number of hydrogen-bond donors (Lipinski definition) is 3. The van der Waals surface area contributed by atoms with E-state index in [1.807, 2.05) is 0 Å². The van der Waals surface area contributed by atoms with Crippen LogP contribution in [-0.4, -0.2) is 67.2 Å². The summed E-state index contributed by atoms with van der Waals surface area (Å²) in [6.07, 6.45) is -6.80. The van der Waals surface area contributed by atoms with Gasteiger partial charge in [-0.25, -0.2) is 18.1 Å². The summed E-state index contributed by atoms with van der Waals surface area (Å²) in [5.41, 5.74) is 13.5. The average molecular weight is 705 g/mol. The number of thiophene rings is 1. The van der Waals surface area contributed by atoms with Crippen molar-refractivity contribution in [1.82, 2.24) is 9.21 Å². The van der Waals surface area contributed by atoms with E-state index in [9.17, 15) is 36.3 Å². The molecule has 1 aromatic heterocycles. The number of ether oxygens (including phenoxy) is 1. The molecule has 256 valence electrons. The van der Waals surface area contributed by atoms with E-state index in [2.05, 4.69) is 4.74 Å². The molecule has 1 heterocycles. The predicted octanol–water partition coefficient (Wildman–Crippen LogP) is 5.43. The Morgan fingerprint density at radius 3 is 1.88 bits per heavy atom. The van der Waals surface area contributed by atoms with Gasteiger partial charge < -0.3 is 21.3 Å². The third-order valence-electron chi connectivity index (χ3n) is 7.70. The topological polar surface area (TPSA) is 156 Å². The van der Waals surface area contributed by atoms with E-state index in [1.54, 1.807) is 60.7 Å². The summed E-state index contributed by atoms with van der Waals surface area (Å²) in [4.78, 5) is 26.4. The lowest BCUT2D eigenvalue weighted by Crippen LogP contribution is -2.53. The summed E-state index contributed by atoms with van der Waals surface area (Å²) in [6, 6.07) is 18.7. The number of nitrogens with two attached hydrogens (primary N) is 2. The number of hydrogen-bond acceptors (Lipinski definition) is 9. The summed E-state index contributed by atoms with van der Waals surface area (Å²) < 4.78 is 77.6. The largest absolute Gasteiger partial charge is 0.452 e. The van der Waals surface area contributed by atoms with Gasteiger partial charge in [-0.2, -0.15) is 17.5 Å². The number of amides is 2. The fourth-order valence-corrected chi connectivity index (χ4v) is 8.34. The molecular formula is C33H35F3N4O6S2. The highest BCUT2D eigenvalue weighted by Gasteiger charge is 2.52. The van der Waals surface area contributed by atoms with Crippen molar-refractivity contribution in [3.05, 3.63) is 118 Å². The van der Waals surface area contributed by atoms with Crippen molar-refractivity contribution < 1.29 is 41.0 Å². The zero-order valence-electron chi connectivity index (χ0n) is 25.9. The number of aliphatic hydroxyl groups excluding tert-OH is 1. The van der Waals surface area contributed by atoms with Crippen molar-refractivity contribution >= 4 is 39.0 Å². The minimum Gasteiger partial charge on any atom is -0.452 e. The van der Waals surface area contributed by atoms with Crippen LogP contribution < -0.4 is 11.5 Å². The zero-order chi connectivity index (χ0) is 35.2. The number of alkyl halides is 3. The van der Waals surface area contributed by atoms with Gasteiger partial charge in [0.05, 0.1) is 30.7 Å². The standard InChI is InChI=1S/C33H35F3N4O6S2/c1-3-39(48(44,45)24-16-14-23(37)15-17-24)25(20-41)26-18-19-27(47-26)30(33(34,35)36)40(32(43)46-2)31(42)29(38)28(21-10-6-4-7-11-21)22-12-8-5-9-13-22/h4-19,25,28-30,41H,3,20,37-38H2,1-2H3/t25-,29+,30-/m1/s1. The van der Waals surface area contributed by atoms with E-state index in [0.29, 0.717) is 28.2 Å². The molecule has 0 aliphatic heterocycles. The summed E-state index contributed by atoms with van der Waals surface area (Å²) in [7, 11) is -3.40. The van der Waals surface area contributed by atoms with Gasteiger partial charge in [-0.3, -0.25) is 4.79 Å². The highest BCUT2D eigenvalue weighted by atomic mass is 32.2. The first-order chi connectivity index (χ1) is 22.8. The van der Waals surface area contributed by atoms with E-state index < -0.39 is 63.7 Å². The number of rotatable bonds is 12. The molecule has 4 aromatic rings. The summed E-state index contributed by atoms with van der Waals surface area (Å²) in [5, 5.41) is 10.3. The van der Waals surface area contributed by atoms with E-state index in [1.165, 1.54) is 37.3 Å². The third-order valence-corrected chi connectivity index (χ3v) is 10.9. The summed E-state index contributed by atoms with van der Waals surface area (Å²) in [5.74, 6) is -2.29. The number of aliphatic hydroxyl groups is 1. The second kappa shape index (κ2) is 15.3. The number of carbonyl (C=O) groups excluding carboxylic acids is 2. The smallest absolute Gasteiger partial charge is 0.417 e. The highest BCUT2D eigenvalue weighted by Crippen LogP contribution is 2.44. The van der Waals surface area contributed by atoms with Crippen molar-refractivity contribution in [2.75, 3.05) is 26.0 Å². The maximum Gasteiger partial charge on any atom is 0.417 e. The van der Waals surface area contributed by atoms with Gasteiger partial charge in [-0.05, 0) is 47.5 Å². The molecule has 0 radical (unpaired) electrons. The lowest BCUT2D eigenvalue weighted by Gasteiger charge is -2.34. The van der Waals surface area contributed by atoms with Crippen LogP contribution in [0.1, 0.15) is 45.8 Å². The first kappa shape index (κ1) is 36.6. The van der Waals surface area contributed by atoms with Crippen molar-refractivity contribution in [1.29, 1.82) is 0 Å². The van der Waals surface area contributed by atoms with Gasteiger partial charge in [0.2, 0.25) is 10.0 Å². The van der Waals surface area contributed by atoms with Gasteiger partial charge in [0, 0.05) is 27.9 Å². The first-order valence-electron chi connectivity index (χ1n) is 14.7. The molecule has 0 aliphatic rings. The maximum absolute atomic E-state index is 15.0. The number of nitrogens with zero attached hydrogens (tertiary/aromatic N) is 2. The lowest BCUT2D eigenvalue weighted by atomic mass is 9.84. The van der Waals surface area contributed by atoms with Gasteiger partial charge >= 0.3 is 12.3 Å². The fraction of sp³-hybridized carbons (Fsp3) is 0.273. The molecule has 0 saturated heterocycles. The van der Waals surface area contributed by atoms with E-state index >= 15 is 0 Å². The quantitative estimate of drug-likeness (QED) is 0.165. The van der Waals surface area contributed by atoms with Crippen LogP contribution in [0.4, 0.5) is 23.7 Å². The van der Waals surface area contributed by atoms with Gasteiger partial charge in [0.15, 0.2) is 6.04 Å². The van der Waals surface area contributed by atoms with Crippen molar-refractivity contribution in [3.63, 3.8) is 0 Å². The van der Waals surface area contributed by atoms with Crippen LogP contribution in [0.5, 0.6) is 0 Å². The number of imide groups is 1. The summed E-state index contributed by atoms with van der Waals surface area (Å²) in [6.45, 7) is 0.592. The van der Waals surface area contributed by atoms with Crippen LogP contribution in [0.3, 0.4) is 0 Å². The number of benzene rings is 3. The molecular weight excluding hydrogens is 670 g/mol. The molecule has 0 fully saturated rings. The van der Waals surface area contributed by atoms with Crippen molar-refractivity contribution in [3.8, 4) is 0 Å². The Kier molecular flexibility index (Phi) is 11.6. The van der Waals surface area contributed by atoms with Gasteiger partial charge in [-0.15, -0.1) is 11.3 Å². The Balaban J connectivity index is 1.77. The van der Waals surface area contributed by atoms with E-state index in [-0.39, 0.29) is 21.2 Å². The molecule has 0 spiro atoms. The molecule has 0 saturated carbocycles. The van der Waals surface area contributed by atoms with Gasteiger partial charge in [0.1, 0.15) is 0 Å². The molecule has 10 nitrogen and oxygen atoms in total. The van der Waals surface area contributed by atoms with Crippen LogP contribution in [-0.2, 0) is 19.6 Å². The van der Waals surface area contributed by atoms with E-state index in [4.69, 9.17) is 11.5 Å². The molecule has 15 heteroatoms. The number of sulfonamides is 1. The Hall–Kier alpha value is -4.28. The van der Waals surface area contributed by atoms with Gasteiger partial charge in [-0.1, -0.05) is 67.6 Å². The number of methoxy groups -OCH3 is 1. The zero-order valence-corrected chi connectivity index (χ0v) is 27.6. The number of anilines is 1. The number of likely N-dealkylation sites (N-methyl/N-ethyl adjacent to an activating group) is 1. The van der Waals surface area contributed by atoms with Gasteiger partial charge in [0.25, 0.3) is 5.91 Å². The Morgan fingerprint density at radius 1 is 0.896 bits per heavy atom. The predicted molar refractivity (Wildman–Crippen MR) is 175 cm³/mol. The third kappa shape index (κ3) is 7.71. The maximum atomic E-state index is 15.0. The van der Waals surface area contributed by atoms with Crippen LogP contribution in [0.2, 0.25) is 0 Å². The Bertz CT molecular complexity index is 1750. The lowest BCUT2D eigenvalue weighted by molar-refractivity contribution is -0.186. The molecule has 3 aromatic carbocycles. The number of nitrogen functional groups attached to an aromatic ring is 1. The second-order valence-electron chi connectivity index (χ2n) is 10.7. The highest BCUT2D eigenvalue weighted by molar-refractivity contribution is 7.89. The molecule has 4 rings (SSSR count). The van der Waals surface area contributed by atoms with Crippen LogP contribution in [0, 0.1) is 0 Å². The fourth-order valence-electron chi connectivity index (χ4n) is 5.44. The van der Waals surface area contributed by atoms with Crippen molar-refractivity contribution in [2.24, 2.45) is 5.73 Å². The monoisotopic (exact) mass is 704 g/mol. The molecule has 0 unspecified atom stereocenters. The molecule has 0 bridgehead atoms. The first-order valence-corrected chi connectivity index (χ1v) is 16.9. The van der Waals surface area contributed by atoms with Crippen LogP contribution in [0.25, 0.3) is 0 Å². The Morgan fingerprint density at radius 2 is 1.42 bits per heavy atom. The molecule has 3 atom stereocenters. The SMILES string of the molecule is CCN([C@H](CO)c1ccc([C@@H](N(C(=O)OC)C(=O)[C@@H](N)C(c2ccccc2)c2ccccc2)C(F)(F)F)s1)S(=O)(=O)c1ccc(N)cc1. The molecule has 0 aliphatic carbocycles. The second-order valence-corrected chi connectivity index (χ2v) is 13.7. The van der Waals surface area contributed by atoms with Crippen LogP contribution >= 0.6 is 11.3 Å². The van der Waals surface area contributed by atoms with Crippen LogP contribution in [0.15, 0.2) is 102 Å². The number of halogens is 3. The van der Waals surface area contributed by atoms with Crippen molar-refractivity contribution in [2.45, 2.75) is 42.0 Å². The normalized spacial score (nSPS) is 14.0. The molecule has 5 N–H and O–H groups in total. The number of carbonyl (C=O) groups is 2. The summed E-state index contributed by atoms with van der Waals surface area (Å²) >= 11 is 0.496. The van der Waals surface area contributed by atoms with E-state index in [0.717, 1.165) is 17.5 Å². The Labute approximate surface area is 280 Å². The minimum absolute atomic E-state index is 0.0376.